The van der Waals surface area contributed by atoms with Crippen molar-refractivity contribution in [1.82, 2.24) is 30.0 Å². The van der Waals surface area contributed by atoms with Crippen molar-refractivity contribution < 1.29 is 8.76 Å². The molecule has 24 heavy (non-hydrogen) atoms. The molecule has 0 amide bonds. The van der Waals surface area contributed by atoms with Gasteiger partial charge in [0.1, 0.15) is 0 Å². The second-order valence-electron chi connectivity index (χ2n) is 5.64. The Morgan fingerprint density at radius 2 is 2.25 bits per heavy atom. The van der Waals surface area contributed by atoms with Crippen molar-refractivity contribution >= 4 is 33.1 Å². The van der Waals surface area contributed by atoms with Gasteiger partial charge in [-0.2, -0.15) is 5.26 Å². The molecule has 0 spiro atoms. The van der Waals surface area contributed by atoms with Crippen molar-refractivity contribution in [3.05, 3.63) is 24.3 Å². The molecule has 1 saturated heterocycles. The van der Waals surface area contributed by atoms with Crippen molar-refractivity contribution in [3.63, 3.8) is 0 Å². The summed E-state index contributed by atoms with van der Waals surface area (Å²) in [4.78, 5) is 13.3. The standard InChI is InChI=1S/C14H13N7O2S/c15-5-10(24(22)23)21-4-2-8(6-21)12-11-9-1-3-16-13(9)19-20-14(11)18-7-17-12/h1,3,7-8,10H,2,4,6H2,(H,22,23)(H,17,18,20). The topological polar surface area (TPSA) is 132 Å². The minimum Gasteiger partial charge on any atom is -0.349 e. The maximum absolute atomic E-state index is 11.3. The van der Waals surface area contributed by atoms with Crippen molar-refractivity contribution in [2.75, 3.05) is 13.1 Å². The second-order valence-corrected chi connectivity index (χ2v) is 6.63. The number of hydrogen-bond donors (Lipinski definition) is 2. The van der Waals surface area contributed by atoms with Gasteiger partial charge in [0.05, 0.1) is 17.8 Å². The van der Waals surface area contributed by atoms with Gasteiger partial charge in [-0.3, -0.25) is 4.90 Å². The Morgan fingerprint density at radius 3 is 3.04 bits per heavy atom. The molecule has 3 aromatic heterocycles. The van der Waals surface area contributed by atoms with Gasteiger partial charge in [-0.1, -0.05) is 0 Å². The summed E-state index contributed by atoms with van der Waals surface area (Å²) in [6.07, 6.45) is 4.02. The average molecular weight is 343 g/mol. The summed E-state index contributed by atoms with van der Waals surface area (Å²) in [6, 6.07) is 3.77. The van der Waals surface area contributed by atoms with Crippen molar-refractivity contribution in [3.8, 4) is 6.07 Å². The number of hydrogen-bond acceptors (Lipinski definition) is 7. The molecule has 122 valence electrons. The number of aromatic nitrogens is 5. The summed E-state index contributed by atoms with van der Waals surface area (Å²) in [5.41, 5.74) is 2.03. The van der Waals surface area contributed by atoms with Crippen LogP contribution in [0.3, 0.4) is 0 Å². The van der Waals surface area contributed by atoms with Crippen LogP contribution in [0.4, 0.5) is 0 Å². The van der Waals surface area contributed by atoms with Gasteiger partial charge in [0, 0.05) is 36.3 Å². The van der Waals surface area contributed by atoms with Gasteiger partial charge in [-0.15, -0.1) is 10.2 Å². The molecule has 3 aromatic rings. The maximum Gasteiger partial charge on any atom is 0.200 e. The minimum absolute atomic E-state index is 0.0807. The Labute approximate surface area is 139 Å². The van der Waals surface area contributed by atoms with Crippen molar-refractivity contribution in [2.24, 2.45) is 0 Å². The number of likely N-dealkylation sites (tertiary alicyclic amines) is 1. The fraction of sp³-hybridized carbons (Fsp3) is 0.357. The van der Waals surface area contributed by atoms with E-state index in [0.29, 0.717) is 24.4 Å². The monoisotopic (exact) mass is 343 g/mol. The highest BCUT2D eigenvalue weighted by atomic mass is 32.2. The van der Waals surface area contributed by atoms with E-state index in [0.717, 1.165) is 22.9 Å². The molecule has 10 heteroatoms. The quantitative estimate of drug-likeness (QED) is 0.666. The molecule has 1 aliphatic rings. The largest absolute Gasteiger partial charge is 0.349 e. The zero-order valence-corrected chi connectivity index (χ0v) is 13.3. The van der Waals surface area contributed by atoms with E-state index in [2.05, 4.69) is 25.1 Å². The third kappa shape index (κ3) is 2.34. The van der Waals surface area contributed by atoms with Crippen LogP contribution in [0.25, 0.3) is 22.1 Å². The molecule has 1 fully saturated rings. The van der Waals surface area contributed by atoms with E-state index in [1.54, 1.807) is 17.4 Å². The number of aromatic amines is 1. The molecule has 3 atom stereocenters. The van der Waals surface area contributed by atoms with Gasteiger partial charge in [0.15, 0.2) is 27.7 Å². The molecule has 0 radical (unpaired) electrons. The van der Waals surface area contributed by atoms with E-state index in [4.69, 9.17) is 5.26 Å². The third-order valence-corrected chi connectivity index (χ3v) is 5.13. The van der Waals surface area contributed by atoms with Gasteiger partial charge < -0.3 is 9.54 Å². The van der Waals surface area contributed by atoms with Crippen LogP contribution in [0.2, 0.25) is 0 Å². The molecule has 0 aromatic carbocycles. The van der Waals surface area contributed by atoms with E-state index in [1.807, 2.05) is 12.1 Å². The zero-order chi connectivity index (χ0) is 16.7. The van der Waals surface area contributed by atoms with Crippen LogP contribution < -0.4 is 0 Å². The van der Waals surface area contributed by atoms with E-state index >= 15 is 0 Å². The SMILES string of the molecule is N#CC(N1CCC(c2[nH]cnc3nnc4nccc4c23)C1)S(=O)O. The lowest BCUT2D eigenvalue weighted by Crippen LogP contribution is -2.35. The number of rotatable bonds is 3. The van der Waals surface area contributed by atoms with Crippen LogP contribution in [-0.4, -0.2) is 57.3 Å². The first-order chi connectivity index (χ1) is 11.7. The first-order valence-corrected chi connectivity index (χ1v) is 8.53. The minimum atomic E-state index is -2.20. The average Bonchev–Trinajstić information content (AvgIpc) is 3.23. The molecule has 9 nitrogen and oxygen atoms in total. The van der Waals surface area contributed by atoms with Crippen LogP contribution in [0.15, 0.2) is 18.6 Å². The Hall–Kier alpha value is -2.48. The smallest absolute Gasteiger partial charge is 0.200 e. The molecule has 0 aliphatic carbocycles. The number of nitriles is 1. The molecule has 1 aliphatic heterocycles. The number of nitrogens with zero attached hydrogens (tertiary/aromatic N) is 6. The highest BCUT2D eigenvalue weighted by Crippen LogP contribution is 2.33. The summed E-state index contributed by atoms with van der Waals surface area (Å²) >= 11 is -2.20. The lowest BCUT2D eigenvalue weighted by molar-refractivity contribution is 0.335. The van der Waals surface area contributed by atoms with Gasteiger partial charge in [-0.05, 0) is 12.5 Å². The molecule has 0 saturated carbocycles. The van der Waals surface area contributed by atoms with E-state index in [-0.39, 0.29) is 5.92 Å². The summed E-state index contributed by atoms with van der Waals surface area (Å²) in [5.74, 6) is 0.0807. The fourth-order valence-corrected chi connectivity index (χ4v) is 3.81. The third-order valence-electron chi connectivity index (χ3n) is 4.35. The molecule has 3 unspecified atom stereocenters. The summed E-state index contributed by atoms with van der Waals surface area (Å²) in [7, 11) is 0. The highest BCUT2D eigenvalue weighted by Gasteiger charge is 2.33. The van der Waals surface area contributed by atoms with Crippen LogP contribution >= 0.6 is 0 Å². The molecule has 4 heterocycles. The maximum atomic E-state index is 11.3. The van der Waals surface area contributed by atoms with Gasteiger partial charge in [0.2, 0.25) is 0 Å². The summed E-state index contributed by atoms with van der Waals surface area (Å²) < 4.78 is 20.6. The first-order valence-electron chi connectivity index (χ1n) is 7.36. The van der Waals surface area contributed by atoms with E-state index in [9.17, 15) is 8.76 Å². The zero-order valence-electron chi connectivity index (χ0n) is 12.5. The summed E-state index contributed by atoms with van der Waals surface area (Å²) in [5, 5.41) is 18.0. The molecule has 2 N–H and O–H groups in total. The number of fused-ring (bicyclic) bond motifs is 3. The first kappa shape index (κ1) is 15.1. The predicted octanol–water partition coefficient (Wildman–Crippen LogP) is 0.762. The van der Waals surface area contributed by atoms with Crippen LogP contribution in [-0.2, 0) is 11.1 Å². The Kier molecular flexibility index (Phi) is 3.68. The second kappa shape index (κ2) is 5.86. The van der Waals surface area contributed by atoms with Crippen molar-refractivity contribution in [2.45, 2.75) is 17.7 Å². The molecule has 4 rings (SSSR count). The highest BCUT2D eigenvalue weighted by molar-refractivity contribution is 7.80. The molecule has 0 bridgehead atoms. The normalized spacial score (nSPS) is 21.1. The van der Waals surface area contributed by atoms with E-state index in [1.165, 1.54) is 0 Å². The van der Waals surface area contributed by atoms with Crippen LogP contribution in [0, 0.1) is 11.3 Å². The van der Waals surface area contributed by atoms with Crippen molar-refractivity contribution in [1.29, 1.82) is 5.26 Å². The van der Waals surface area contributed by atoms with E-state index < -0.39 is 16.5 Å². The Bertz CT molecular complexity index is 982. The number of nitrogens with one attached hydrogen (secondary N) is 1. The predicted molar refractivity (Wildman–Crippen MR) is 86.1 cm³/mol. The van der Waals surface area contributed by atoms with Gasteiger partial charge in [0.25, 0.3) is 0 Å². The summed E-state index contributed by atoms with van der Waals surface area (Å²) in [6.45, 7) is 1.09. The number of H-pyrrole nitrogens is 1. The Morgan fingerprint density at radius 1 is 1.42 bits per heavy atom. The lowest BCUT2D eigenvalue weighted by atomic mass is 10.0. The van der Waals surface area contributed by atoms with Gasteiger partial charge >= 0.3 is 0 Å². The van der Waals surface area contributed by atoms with Crippen LogP contribution in [0.5, 0.6) is 0 Å². The van der Waals surface area contributed by atoms with Crippen LogP contribution in [0.1, 0.15) is 18.0 Å². The fourth-order valence-electron chi connectivity index (χ4n) is 3.27. The Balaban J connectivity index is 1.77. The lowest BCUT2D eigenvalue weighted by Gasteiger charge is -2.19. The molecular weight excluding hydrogens is 330 g/mol. The molecular formula is C14H13N7O2S. The van der Waals surface area contributed by atoms with Gasteiger partial charge in [-0.25, -0.2) is 14.2 Å².